The highest BCUT2D eigenvalue weighted by molar-refractivity contribution is 7.91. The molecule has 0 spiro atoms. The molecule has 1 amide bonds. The van der Waals surface area contributed by atoms with Gasteiger partial charge in [-0.15, -0.1) is 0 Å². The van der Waals surface area contributed by atoms with Crippen molar-refractivity contribution in [1.82, 2.24) is 0 Å². The average molecular weight is 545 g/mol. The molecule has 15 heteroatoms. The third-order valence-electron chi connectivity index (χ3n) is 4.86. The number of nitrogens with zero attached hydrogens (tertiary/aromatic N) is 2. The maximum atomic E-state index is 13.4. The second-order valence-electron chi connectivity index (χ2n) is 8.25. The summed E-state index contributed by atoms with van der Waals surface area (Å²) in [4.78, 5) is 15.9. The SMILES string of the molecule is CC(=NCCC(F)(F)F)C(=C(C)N)S(=O)N1CCOc2ccc(NC(=O)OC(C)(C)C(F)(F)F)cc21. The molecule has 1 atom stereocenters. The van der Waals surface area contributed by atoms with Crippen molar-refractivity contribution < 1.29 is 44.8 Å². The Labute approximate surface area is 206 Å². The second-order valence-corrected chi connectivity index (χ2v) is 9.60. The fourth-order valence-electron chi connectivity index (χ4n) is 2.96. The van der Waals surface area contributed by atoms with Gasteiger partial charge < -0.3 is 15.2 Å². The van der Waals surface area contributed by atoms with Crippen molar-refractivity contribution >= 4 is 34.2 Å². The lowest BCUT2D eigenvalue weighted by atomic mass is 10.1. The van der Waals surface area contributed by atoms with Gasteiger partial charge in [-0.3, -0.25) is 14.6 Å². The first-order chi connectivity index (χ1) is 16.4. The van der Waals surface area contributed by atoms with Gasteiger partial charge in [0.1, 0.15) is 12.4 Å². The lowest BCUT2D eigenvalue weighted by molar-refractivity contribution is -0.242. The Balaban J connectivity index is 2.29. The van der Waals surface area contributed by atoms with Gasteiger partial charge in [0.25, 0.3) is 0 Å². The lowest BCUT2D eigenvalue weighted by Crippen LogP contribution is -2.44. The third-order valence-corrected chi connectivity index (χ3v) is 6.61. The first kappa shape index (κ1) is 29.3. The number of halogens is 6. The molecule has 202 valence electrons. The van der Waals surface area contributed by atoms with Crippen molar-refractivity contribution in [3.05, 3.63) is 28.8 Å². The third kappa shape index (κ3) is 7.51. The molecule has 3 N–H and O–H groups in total. The summed E-state index contributed by atoms with van der Waals surface area (Å²) in [5.74, 6) is 0.254. The normalized spacial score (nSPS) is 16.5. The molecule has 1 aromatic carbocycles. The van der Waals surface area contributed by atoms with Crippen LogP contribution in [-0.4, -0.2) is 53.7 Å². The lowest BCUT2D eigenvalue weighted by Gasteiger charge is -2.31. The zero-order valence-electron chi connectivity index (χ0n) is 19.8. The van der Waals surface area contributed by atoms with E-state index in [1.165, 1.54) is 36.4 Å². The fraction of sp³-hybridized carbons (Fsp3) is 0.524. The van der Waals surface area contributed by atoms with Crippen molar-refractivity contribution in [2.75, 3.05) is 29.3 Å². The maximum Gasteiger partial charge on any atom is 0.427 e. The van der Waals surface area contributed by atoms with Crippen LogP contribution in [0.3, 0.4) is 0 Å². The summed E-state index contributed by atoms with van der Waals surface area (Å²) in [6, 6.07) is 4.07. The summed E-state index contributed by atoms with van der Waals surface area (Å²) in [5, 5.41) is 2.19. The summed E-state index contributed by atoms with van der Waals surface area (Å²) in [7, 11) is -2.04. The summed E-state index contributed by atoms with van der Waals surface area (Å²) in [6.07, 6.45) is -11.7. The zero-order chi connectivity index (χ0) is 27.5. The smallest absolute Gasteiger partial charge is 0.427 e. The summed E-state index contributed by atoms with van der Waals surface area (Å²) in [6.45, 7) is 3.80. The molecule has 1 unspecified atom stereocenters. The molecule has 1 aliphatic rings. The first-order valence-electron chi connectivity index (χ1n) is 10.5. The molecule has 0 saturated heterocycles. The van der Waals surface area contributed by atoms with Crippen LogP contribution in [0.1, 0.15) is 34.1 Å². The maximum absolute atomic E-state index is 13.4. The van der Waals surface area contributed by atoms with Crippen LogP contribution < -0.4 is 20.1 Å². The molecular weight excluding hydrogens is 518 g/mol. The topological polar surface area (TPSA) is 106 Å². The van der Waals surface area contributed by atoms with Gasteiger partial charge in [-0.05, 0) is 45.9 Å². The second kappa shape index (κ2) is 11.0. The monoisotopic (exact) mass is 544 g/mol. The summed E-state index contributed by atoms with van der Waals surface area (Å²) in [5.41, 5.74) is 3.48. The number of alkyl halides is 6. The van der Waals surface area contributed by atoms with Crippen molar-refractivity contribution in [3.8, 4) is 5.75 Å². The molecule has 0 aromatic heterocycles. The van der Waals surface area contributed by atoms with E-state index in [1.807, 2.05) is 0 Å². The number of rotatable bonds is 7. The van der Waals surface area contributed by atoms with E-state index in [2.05, 4.69) is 15.0 Å². The highest BCUT2D eigenvalue weighted by atomic mass is 32.2. The van der Waals surface area contributed by atoms with E-state index >= 15 is 0 Å². The molecule has 0 saturated carbocycles. The van der Waals surface area contributed by atoms with Crippen molar-refractivity contribution in [1.29, 1.82) is 0 Å². The first-order valence-corrected chi connectivity index (χ1v) is 11.6. The Kier molecular flexibility index (Phi) is 8.91. The number of benzene rings is 1. The number of hydrogen-bond donors (Lipinski definition) is 2. The van der Waals surface area contributed by atoms with Crippen LogP contribution in [0.15, 0.2) is 33.8 Å². The highest BCUT2D eigenvalue weighted by Gasteiger charge is 2.51. The van der Waals surface area contributed by atoms with E-state index in [-0.39, 0.29) is 46.6 Å². The van der Waals surface area contributed by atoms with Gasteiger partial charge >= 0.3 is 18.4 Å². The van der Waals surface area contributed by atoms with E-state index in [0.717, 1.165) is 0 Å². The molecule has 0 bridgehead atoms. The van der Waals surface area contributed by atoms with E-state index < -0.39 is 48.0 Å². The van der Waals surface area contributed by atoms with Crippen molar-refractivity contribution in [2.45, 2.75) is 52.1 Å². The predicted molar refractivity (Wildman–Crippen MR) is 123 cm³/mol. The van der Waals surface area contributed by atoms with E-state index in [1.54, 1.807) is 0 Å². The number of amides is 1. The minimum atomic E-state index is -4.80. The Morgan fingerprint density at radius 1 is 1.22 bits per heavy atom. The molecule has 2 rings (SSSR count). The zero-order valence-corrected chi connectivity index (χ0v) is 20.7. The Morgan fingerprint density at radius 2 is 1.86 bits per heavy atom. The number of allylic oxidation sites excluding steroid dienone is 2. The number of hydrogen-bond acceptors (Lipinski definition) is 6. The van der Waals surface area contributed by atoms with Crippen molar-refractivity contribution in [3.63, 3.8) is 0 Å². The number of carbonyl (C=O) groups is 1. The van der Waals surface area contributed by atoms with Crippen LogP contribution in [0, 0.1) is 0 Å². The molecule has 8 nitrogen and oxygen atoms in total. The van der Waals surface area contributed by atoms with Crippen molar-refractivity contribution in [2.24, 2.45) is 10.7 Å². The number of aliphatic imine (C=N–C) groups is 1. The molecule has 36 heavy (non-hydrogen) atoms. The number of ether oxygens (including phenoxy) is 2. The number of nitrogens with one attached hydrogen (secondary N) is 1. The van der Waals surface area contributed by atoms with Gasteiger partial charge in [0.2, 0.25) is 5.60 Å². The molecule has 0 radical (unpaired) electrons. The van der Waals surface area contributed by atoms with E-state index in [0.29, 0.717) is 13.8 Å². The minimum absolute atomic E-state index is 0.00900. The molecule has 0 aliphatic carbocycles. The summed E-state index contributed by atoms with van der Waals surface area (Å²) >= 11 is 0. The Hall–Kier alpha value is -2.97. The standard InChI is InChI=1S/C21H26F6N4O4S/c1-12(28)17(13(2)29-8-7-20(22,23)24)36(33)31-9-10-34-16-6-5-14(11-15(16)31)30-18(32)35-19(3,4)21(25,26)27/h5-6,11H,7-10,28H2,1-4H3,(H,30,32). The van der Waals surface area contributed by atoms with E-state index in [9.17, 15) is 35.3 Å². The van der Waals surface area contributed by atoms with Gasteiger partial charge in [0, 0.05) is 17.9 Å². The largest absolute Gasteiger partial charge is 0.489 e. The quantitative estimate of drug-likeness (QED) is 0.370. The predicted octanol–water partition coefficient (Wildman–Crippen LogP) is 5.04. The van der Waals surface area contributed by atoms with Gasteiger partial charge in [-0.1, -0.05) is 0 Å². The molecule has 1 aliphatic heterocycles. The number of nitrogens with two attached hydrogens (primary N) is 1. The van der Waals surface area contributed by atoms with E-state index in [4.69, 9.17) is 10.5 Å². The summed E-state index contributed by atoms with van der Waals surface area (Å²) < 4.78 is 101. The molecule has 1 heterocycles. The van der Waals surface area contributed by atoms with Crippen LogP contribution >= 0.6 is 0 Å². The molecule has 1 aromatic rings. The average Bonchev–Trinajstić information content (AvgIpc) is 2.70. The number of carbonyl (C=O) groups excluding carboxylic acids is 1. The Morgan fingerprint density at radius 3 is 2.42 bits per heavy atom. The van der Waals surface area contributed by atoms with Gasteiger partial charge in [0.05, 0.1) is 29.3 Å². The van der Waals surface area contributed by atoms with Crippen LogP contribution in [0.4, 0.5) is 42.5 Å². The molecule has 0 fully saturated rings. The van der Waals surface area contributed by atoms with Gasteiger partial charge in [0.15, 0.2) is 11.0 Å². The fourth-order valence-corrected chi connectivity index (χ4v) is 4.33. The van der Waals surface area contributed by atoms with Crippen LogP contribution in [0.5, 0.6) is 5.75 Å². The van der Waals surface area contributed by atoms with Gasteiger partial charge in [-0.2, -0.15) is 26.3 Å². The minimum Gasteiger partial charge on any atom is -0.489 e. The van der Waals surface area contributed by atoms with Gasteiger partial charge in [-0.25, -0.2) is 9.00 Å². The van der Waals surface area contributed by atoms with Crippen LogP contribution in [0.25, 0.3) is 0 Å². The highest BCUT2D eigenvalue weighted by Crippen LogP contribution is 2.37. The van der Waals surface area contributed by atoms with Crippen LogP contribution in [0.2, 0.25) is 0 Å². The number of anilines is 2. The van der Waals surface area contributed by atoms with Crippen LogP contribution in [-0.2, 0) is 15.7 Å². The molecular formula is C21H26F6N4O4S. The Bertz CT molecular complexity index is 1070. The number of fused-ring (bicyclic) bond motifs is 1.